The lowest BCUT2D eigenvalue weighted by Gasteiger charge is -2.10. The van der Waals surface area contributed by atoms with Gasteiger partial charge in [-0.15, -0.1) is 0 Å². The van der Waals surface area contributed by atoms with E-state index in [-0.39, 0.29) is 12.7 Å². The van der Waals surface area contributed by atoms with Gasteiger partial charge in [0.15, 0.2) is 11.5 Å². The van der Waals surface area contributed by atoms with E-state index in [9.17, 15) is 4.79 Å². The van der Waals surface area contributed by atoms with Crippen molar-refractivity contribution in [3.8, 4) is 17.2 Å². The summed E-state index contributed by atoms with van der Waals surface area (Å²) in [5.41, 5.74) is 1.90. The van der Waals surface area contributed by atoms with Crippen LogP contribution in [0.15, 0.2) is 60.9 Å². The topological polar surface area (TPSA) is 65.4 Å². The molecule has 1 aliphatic rings. The Hall–Kier alpha value is -3.28. The molecule has 114 valence electrons. The maximum atomic E-state index is 12.6. The highest BCUT2D eigenvalue weighted by atomic mass is 16.7. The van der Waals surface area contributed by atoms with Crippen molar-refractivity contribution >= 4 is 11.6 Å². The largest absolute Gasteiger partial charge is 0.454 e. The van der Waals surface area contributed by atoms with Crippen LogP contribution >= 0.6 is 0 Å². The number of hydrogen-bond acceptors (Lipinski definition) is 4. The van der Waals surface area contributed by atoms with Crippen molar-refractivity contribution in [2.75, 3.05) is 12.1 Å². The lowest BCUT2D eigenvalue weighted by molar-refractivity contribution is 0.102. The number of fused-ring (bicyclic) bond motifs is 1. The van der Waals surface area contributed by atoms with Gasteiger partial charge in [-0.05, 0) is 30.3 Å². The fourth-order valence-corrected chi connectivity index (χ4v) is 2.45. The predicted molar refractivity (Wildman–Crippen MR) is 84.1 cm³/mol. The number of aromatic nitrogens is 2. The summed E-state index contributed by atoms with van der Waals surface area (Å²) in [4.78, 5) is 12.6. The molecule has 1 aromatic heterocycles. The zero-order valence-corrected chi connectivity index (χ0v) is 12.1. The first kappa shape index (κ1) is 13.4. The van der Waals surface area contributed by atoms with Crippen LogP contribution in [-0.2, 0) is 0 Å². The van der Waals surface area contributed by atoms with Crippen molar-refractivity contribution in [1.82, 2.24) is 9.78 Å². The average molecular weight is 307 g/mol. The predicted octanol–water partition coefficient (Wildman–Crippen LogP) is 2.85. The normalized spacial score (nSPS) is 12.2. The second-order valence-corrected chi connectivity index (χ2v) is 4.99. The Morgan fingerprint density at radius 3 is 2.83 bits per heavy atom. The fourth-order valence-electron chi connectivity index (χ4n) is 2.45. The number of nitrogens with one attached hydrogen (secondary N) is 1. The number of anilines is 1. The summed E-state index contributed by atoms with van der Waals surface area (Å²) in [6, 6.07) is 14.4. The standard InChI is InChI=1S/C17H13N3O3/c21-17(19-12-6-7-15-16(10-12)23-11-22-15)13-4-1-2-5-14(13)20-9-3-8-18-20/h1-10H,11H2,(H,19,21). The van der Waals surface area contributed by atoms with E-state index in [4.69, 9.17) is 9.47 Å². The number of benzene rings is 2. The van der Waals surface area contributed by atoms with Gasteiger partial charge in [-0.2, -0.15) is 5.10 Å². The van der Waals surface area contributed by atoms with E-state index in [1.54, 1.807) is 41.3 Å². The summed E-state index contributed by atoms with van der Waals surface area (Å²) in [5.74, 6) is 1.10. The van der Waals surface area contributed by atoms with Crippen molar-refractivity contribution in [3.63, 3.8) is 0 Å². The highest BCUT2D eigenvalue weighted by Gasteiger charge is 2.16. The number of carbonyl (C=O) groups excluding carboxylic acids is 1. The molecular weight excluding hydrogens is 294 g/mol. The first-order valence-corrected chi connectivity index (χ1v) is 7.11. The van der Waals surface area contributed by atoms with Crippen LogP contribution < -0.4 is 14.8 Å². The molecule has 0 unspecified atom stereocenters. The lowest BCUT2D eigenvalue weighted by Crippen LogP contribution is -2.15. The molecule has 0 saturated carbocycles. The molecule has 2 aromatic carbocycles. The van der Waals surface area contributed by atoms with Gasteiger partial charge in [0.2, 0.25) is 6.79 Å². The molecule has 3 aromatic rings. The van der Waals surface area contributed by atoms with Gasteiger partial charge in [-0.3, -0.25) is 4.79 Å². The van der Waals surface area contributed by atoms with E-state index < -0.39 is 0 Å². The molecule has 0 aliphatic carbocycles. The summed E-state index contributed by atoms with van der Waals surface area (Å²) >= 11 is 0. The molecule has 0 spiro atoms. The number of ether oxygens (including phenoxy) is 2. The summed E-state index contributed by atoms with van der Waals surface area (Å²) in [6.45, 7) is 0.203. The minimum atomic E-state index is -0.213. The molecule has 0 radical (unpaired) electrons. The molecule has 2 heterocycles. The smallest absolute Gasteiger partial charge is 0.257 e. The molecular formula is C17H13N3O3. The Balaban J connectivity index is 1.63. The molecule has 6 heteroatoms. The Kier molecular flexibility index (Phi) is 3.20. The summed E-state index contributed by atoms with van der Waals surface area (Å²) < 4.78 is 12.2. The van der Waals surface area contributed by atoms with Crippen molar-refractivity contribution in [3.05, 3.63) is 66.5 Å². The Morgan fingerprint density at radius 2 is 1.96 bits per heavy atom. The van der Waals surface area contributed by atoms with Gasteiger partial charge in [-0.1, -0.05) is 12.1 Å². The first-order chi connectivity index (χ1) is 11.3. The van der Waals surface area contributed by atoms with E-state index in [0.717, 1.165) is 5.69 Å². The van der Waals surface area contributed by atoms with Crippen molar-refractivity contribution < 1.29 is 14.3 Å². The third-order valence-electron chi connectivity index (χ3n) is 3.53. The van der Waals surface area contributed by atoms with Crippen LogP contribution in [0.5, 0.6) is 11.5 Å². The number of para-hydroxylation sites is 1. The monoisotopic (exact) mass is 307 g/mol. The Morgan fingerprint density at radius 1 is 1.09 bits per heavy atom. The second-order valence-electron chi connectivity index (χ2n) is 4.99. The fraction of sp³-hybridized carbons (Fsp3) is 0.0588. The molecule has 0 atom stereocenters. The van der Waals surface area contributed by atoms with E-state index in [0.29, 0.717) is 22.7 Å². The van der Waals surface area contributed by atoms with Crippen LogP contribution in [0.1, 0.15) is 10.4 Å². The zero-order chi connectivity index (χ0) is 15.6. The Bertz CT molecular complexity index is 859. The molecule has 4 rings (SSSR count). The first-order valence-electron chi connectivity index (χ1n) is 7.11. The van der Waals surface area contributed by atoms with E-state index >= 15 is 0 Å². The van der Waals surface area contributed by atoms with E-state index in [2.05, 4.69) is 10.4 Å². The summed E-state index contributed by atoms with van der Waals surface area (Å²) in [6.07, 6.45) is 3.47. The van der Waals surface area contributed by atoms with Gasteiger partial charge in [-0.25, -0.2) is 4.68 Å². The quantitative estimate of drug-likeness (QED) is 0.808. The third-order valence-corrected chi connectivity index (χ3v) is 3.53. The lowest BCUT2D eigenvalue weighted by atomic mass is 10.1. The van der Waals surface area contributed by atoms with Crippen LogP contribution in [0.4, 0.5) is 5.69 Å². The van der Waals surface area contributed by atoms with Crippen LogP contribution in [0.25, 0.3) is 5.69 Å². The van der Waals surface area contributed by atoms with Gasteiger partial charge in [0.05, 0.1) is 11.3 Å². The van der Waals surface area contributed by atoms with Crippen LogP contribution in [0.2, 0.25) is 0 Å². The van der Waals surface area contributed by atoms with Crippen molar-refractivity contribution in [1.29, 1.82) is 0 Å². The molecule has 0 fully saturated rings. The molecule has 0 saturated heterocycles. The minimum Gasteiger partial charge on any atom is -0.454 e. The Labute approximate surface area is 132 Å². The van der Waals surface area contributed by atoms with Crippen molar-refractivity contribution in [2.24, 2.45) is 0 Å². The number of carbonyl (C=O) groups is 1. The second kappa shape index (κ2) is 5.49. The average Bonchev–Trinajstić information content (AvgIpc) is 3.26. The highest BCUT2D eigenvalue weighted by molar-refractivity contribution is 6.06. The van der Waals surface area contributed by atoms with Crippen LogP contribution in [0, 0.1) is 0 Å². The van der Waals surface area contributed by atoms with Gasteiger partial charge in [0, 0.05) is 24.1 Å². The maximum absolute atomic E-state index is 12.6. The number of nitrogens with zero attached hydrogens (tertiary/aromatic N) is 2. The van der Waals surface area contributed by atoms with Gasteiger partial charge in [0.25, 0.3) is 5.91 Å². The van der Waals surface area contributed by atoms with Crippen LogP contribution in [0.3, 0.4) is 0 Å². The summed E-state index contributed by atoms with van der Waals surface area (Å²) in [7, 11) is 0. The van der Waals surface area contributed by atoms with Gasteiger partial charge < -0.3 is 14.8 Å². The third kappa shape index (κ3) is 2.50. The molecule has 1 amide bonds. The maximum Gasteiger partial charge on any atom is 0.257 e. The molecule has 23 heavy (non-hydrogen) atoms. The number of hydrogen-bond donors (Lipinski definition) is 1. The molecule has 6 nitrogen and oxygen atoms in total. The SMILES string of the molecule is O=C(Nc1ccc2c(c1)OCO2)c1ccccc1-n1cccn1. The number of amides is 1. The molecule has 0 bridgehead atoms. The van der Waals surface area contributed by atoms with Crippen LogP contribution in [-0.4, -0.2) is 22.5 Å². The summed E-state index contributed by atoms with van der Waals surface area (Å²) in [5, 5.41) is 7.06. The minimum absolute atomic E-state index is 0.203. The highest BCUT2D eigenvalue weighted by Crippen LogP contribution is 2.34. The van der Waals surface area contributed by atoms with E-state index in [1.165, 1.54) is 0 Å². The van der Waals surface area contributed by atoms with Crippen molar-refractivity contribution in [2.45, 2.75) is 0 Å². The van der Waals surface area contributed by atoms with Gasteiger partial charge in [0.1, 0.15) is 0 Å². The van der Waals surface area contributed by atoms with E-state index in [1.807, 2.05) is 24.3 Å². The molecule has 1 N–H and O–H groups in total. The zero-order valence-electron chi connectivity index (χ0n) is 12.1. The number of rotatable bonds is 3. The van der Waals surface area contributed by atoms with Gasteiger partial charge >= 0.3 is 0 Å². The molecule has 1 aliphatic heterocycles.